The topological polar surface area (TPSA) is 9.23 Å². The second-order valence-electron chi connectivity index (χ2n) is 6.48. The maximum Gasteiger partial charge on any atom is 0.119 e. The van der Waals surface area contributed by atoms with E-state index in [0.29, 0.717) is 17.8 Å². The van der Waals surface area contributed by atoms with Crippen LogP contribution in [0.5, 0.6) is 5.75 Å². The molecule has 3 unspecified atom stereocenters. The van der Waals surface area contributed by atoms with E-state index in [1.165, 1.54) is 24.8 Å². The average Bonchev–Trinajstić information content (AvgIpc) is 3.32. The van der Waals surface area contributed by atoms with Crippen LogP contribution in [0.15, 0.2) is 48.6 Å². The highest BCUT2D eigenvalue weighted by Gasteiger charge is 2.31. The number of ether oxygens (including phenoxy) is 1. The molecule has 112 valence electrons. The highest BCUT2D eigenvalue weighted by atomic mass is 16.5. The number of hydrogen-bond acceptors (Lipinski definition) is 1. The normalized spacial score (nSPS) is 25.8. The SMILES string of the molecule is CCOc1ccc(C(C)C2C=CC=CC2CC2CC2)cc1. The van der Waals surface area contributed by atoms with Crippen LogP contribution in [0.3, 0.4) is 0 Å². The van der Waals surface area contributed by atoms with E-state index in [1.54, 1.807) is 0 Å². The van der Waals surface area contributed by atoms with Crippen LogP contribution in [0, 0.1) is 17.8 Å². The highest BCUT2D eigenvalue weighted by molar-refractivity contribution is 5.31. The molecule has 0 amide bonds. The molecule has 3 rings (SSSR count). The quantitative estimate of drug-likeness (QED) is 0.683. The van der Waals surface area contributed by atoms with Crippen molar-refractivity contribution in [1.82, 2.24) is 0 Å². The van der Waals surface area contributed by atoms with Crippen molar-refractivity contribution < 1.29 is 4.74 Å². The molecule has 0 heterocycles. The number of allylic oxidation sites excluding steroid dienone is 4. The van der Waals surface area contributed by atoms with Gasteiger partial charge in [0.25, 0.3) is 0 Å². The van der Waals surface area contributed by atoms with Crippen LogP contribution in [-0.2, 0) is 0 Å². The Bertz CT molecular complexity index is 507. The van der Waals surface area contributed by atoms with Crippen LogP contribution in [-0.4, -0.2) is 6.61 Å². The van der Waals surface area contributed by atoms with Gasteiger partial charge in [-0.1, -0.05) is 56.2 Å². The Morgan fingerprint density at radius 2 is 1.81 bits per heavy atom. The van der Waals surface area contributed by atoms with Crippen molar-refractivity contribution in [3.05, 3.63) is 54.1 Å². The predicted octanol–water partition coefficient (Wildman–Crippen LogP) is 5.35. The van der Waals surface area contributed by atoms with Gasteiger partial charge in [-0.25, -0.2) is 0 Å². The van der Waals surface area contributed by atoms with Gasteiger partial charge in [0.2, 0.25) is 0 Å². The second-order valence-corrected chi connectivity index (χ2v) is 6.48. The van der Waals surface area contributed by atoms with Crippen molar-refractivity contribution >= 4 is 0 Å². The van der Waals surface area contributed by atoms with E-state index in [1.807, 2.05) is 6.92 Å². The van der Waals surface area contributed by atoms with Crippen LogP contribution in [0.1, 0.15) is 44.6 Å². The first-order valence-electron chi connectivity index (χ1n) is 8.35. The molecule has 1 nitrogen and oxygen atoms in total. The maximum atomic E-state index is 5.54. The summed E-state index contributed by atoms with van der Waals surface area (Å²) in [5, 5.41) is 0. The molecule has 0 saturated heterocycles. The van der Waals surface area contributed by atoms with Crippen LogP contribution in [0.4, 0.5) is 0 Å². The van der Waals surface area contributed by atoms with E-state index in [0.717, 1.165) is 18.3 Å². The summed E-state index contributed by atoms with van der Waals surface area (Å²) in [5.74, 6) is 3.87. The van der Waals surface area contributed by atoms with E-state index in [2.05, 4.69) is 55.5 Å². The summed E-state index contributed by atoms with van der Waals surface area (Å²) in [7, 11) is 0. The molecule has 1 heteroatoms. The van der Waals surface area contributed by atoms with Gasteiger partial charge < -0.3 is 4.74 Å². The molecule has 0 aliphatic heterocycles. The summed E-state index contributed by atoms with van der Waals surface area (Å²) in [6.45, 7) is 5.12. The maximum absolute atomic E-state index is 5.54. The number of hydrogen-bond donors (Lipinski definition) is 0. The van der Waals surface area contributed by atoms with Gasteiger partial charge in [-0.15, -0.1) is 0 Å². The third-order valence-electron chi connectivity index (χ3n) is 4.89. The third kappa shape index (κ3) is 3.58. The third-order valence-corrected chi connectivity index (χ3v) is 4.89. The van der Waals surface area contributed by atoms with Gasteiger partial charge in [-0.3, -0.25) is 0 Å². The Morgan fingerprint density at radius 1 is 1.10 bits per heavy atom. The smallest absolute Gasteiger partial charge is 0.119 e. The minimum Gasteiger partial charge on any atom is -0.494 e. The molecule has 1 fully saturated rings. The summed E-state index contributed by atoms with van der Waals surface area (Å²) in [4.78, 5) is 0. The molecule has 21 heavy (non-hydrogen) atoms. The average molecular weight is 282 g/mol. The molecular formula is C20H26O. The molecule has 2 aliphatic rings. The van der Waals surface area contributed by atoms with Gasteiger partial charge in [0, 0.05) is 0 Å². The molecule has 0 radical (unpaired) electrons. The first kappa shape index (κ1) is 14.4. The molecule has 0 N–H and O–H groups in total. The van der Waals surface area contributed by atoms with E-state index < -0.39 is 0 Å². The fourth-order valence-electron chi connectivity index (χ4n) is 3.44. The molecular weight excluding hydrogens is 256 g/mol. The van der Waals surface area contributed by atoms with E-state index in [4.69, 9.17) is 4.74 Å². The second kappa shape index (κ2) is 6.51. The largest absolute Gasteiger partial charge is 0.494 e. The standard InChI is InChI=1S/C20H26O/c1-3-21-19-12-10-17(11-13-19)15(2)20-7-5-4-6-18(20)14-16-8-9-16/h4-7,10-13,15-16,18,20H,3,8-9,14H2,1-2H3. The van der Waals surface area contributed by atoms with Crippen molar-refractivity contribution in [2.24, 2.45) is 17.8 Å². The Kier molecular flexibility index (Phi) is 4.48. The zero-order valence-electron chi connectivity index (χ0n) is 13.2. The fourth-order valence-corrected chi connectivity index (χ4v) is 3.44. The monoisotopic (exact) mass is 282 g/mol. The molecule has 1 saturated carbocycles. The zero-order valence-corrected chi connectivity index (χ0v) is 13.2. The minimum absolute atomic E-state index is 0.561. The van der Waals surface area contributed by atoms with E-state index >= 15 is 0 Å². The lowest BCUT2D eigenvalue weighted by atomic mass is 9.75. The van der Waals surface area contributed by atoms with Gasteiger partial charge in [0.15, 0.2) is 0 Å². The van der Waals surface area contributed by atoms with Crippen molar-refractivity contribution in [3.63, 3.8) is 0 Å². The Balaban J connectivity index is 1.71. The molecule has 0 bridgehead atoms. The molecule has 0 aromatic heterocycles. The zero-order chi connectivity index (χ0) is 14.7. The molecule has 1 aromatic carbocycles. The summed E-state index contributed by atoms with van der Waals surface area (Å²) in [6.07, 6.45) is 13.5. The summed E-state index contributed by atoms with van der Waals surface area (Å²) in [5.41, 5.74) is 1.42. The summed E-state index contributed by atoms with van der Waals surface area (Å²) >= 11 is 0. The fraction of sp³-hybridized carbons (Fsp3) is 0.500. The van der Waals surface area contributed by atoms with Crippen molar-refractivity contribution in [1.29, 1.82) is 0 Å². The van der Waals surface area contributed by atoms with Gasteiger partial charge in [0.05, 0.1) is 6.61 Å². The lowest BCUT2D eigenvalue weighted by Gasteiger charge is -2.30. The Hall–Kier alpha value is -1.50. The molecule has 1 aromatic rings. The Morgan fingerprint density at radius 3 is 2.48 bits per heavy atom. The van der Waals surface area contributed by atoms with Gasteiger partial charge in [-0.05, 0) is 54.7 Å². The van der Waals surface area contributed by atoms with Gasteiger partial charge >= 0.3 is 0 Å². The van der Waals surface area contributed by atoms with Crippen LogP contribution in [0.25, 0.3) is 0 Å². The highest BCUT2D eigenvalue weighted by Crippen LogP contribution is 2.43. The lowest BCUT2D eigenvalue weighted by molar-refractivity contribution is 0.339. The lowest BCUT2D eigenvalue weighted by Crippen LogP contribution is -2.19. The van der Waals surface area contributed by atoms with Crippen LogP contribution in [0.2, 0.25) is 0 Å². The van der Waals surface area contributed by atoms with Gasteiger partial charge in [0.1, 0.15) is 5.75 Å². The first-order valence-corrected chi connectivity index (χ1v) is 8.35. The van der Waals surface area contributed by atoms with Crippen molar-refractivity contribution in [2.75, 3.05) is 6.61 Å². The number of benzene rings is 1. The van der Waals surface area contributed by atoms with E-state index in [-0.39, 0.29) is 0 Å². The van der Waals surface area contributed by atoms with Gasteiger partial charge in [-0.2, -0.15) is 0 Å². The van der Waals surface area contributed by atoms with Crippen molar-refractivity contribution in [2.45, 2.75) is 39.0 Å². The van der Waals surface area contributed by atoms with Crippen LogP contribution < -0.4 is 4.74 Å². The predicted molar refractivity (Wildman–Crippen MR) is 88.6 cm³/mol. The molecule has 3 atom stereocenters. The first-order chi connectivity index (χ1) is 10.3. The van der Waals surface area contributed by atoms with E-state index in [9.17, 15) is 0 Å². The Labute approximate surface area is 128 Å². The number of rotatable bonds is 6. The molecule has 0 spiro atoms. The summed E-state index contributed by atoms with van der Waals surface area (Å²) in [6, 6.07) is 8.67. The summed E-state index contributed by atoms with van der Waals surface area (Å²) < 4.78 is 5.54. The van der Waals surface area contributed by atoms with Crippen molar-refractivity contribution in [3.8, 4) is 5.75 Å². The minimum atomic E-state index is 0.561. The van der Waals surface area contributed by atoms with Crippen LogP contribution >= 0.6 is 0 Å². The molecule has 2 aliphatic carbocycles.